The van der Waals surface area contributed by atoms with E-state index in [1.165, 1.54) is 27.4 Å². The van der Waals surface area contributed by atoms with Gasteiger partial charge in [0.05, 0.1) is 26.7 Å². The van der Waals surface area contributed by atoms with Gasteiger partial charge in [-0.2, -0.15) is 0 Å². The Morgan fingerprint density at radius 3 is 2.11 bits per heavy atom. The van der Waals surface area contributed by atoms with Gasteiger partial charge in [0, 0.05) is 30.1 Å². The molecule has 0 aromatic heterocycles. The smallest absolute Gasteiger partial charge is 0.254 e. The van der Waals surface area contributed by atoms with Gasteiger partial charge in [-0.15, -0.1) is 12.4 Å². The SMILES string of the molecule is CCN1CCC(C(N)=O)(c2ccccc2)CC1C1(c2ccc(F)c(F)c2)CCN(C(=O)c2cc(OC)c(OC)c(OC)c2)C1.Cl. The van der Waals surface area contributed by atoms with E-state index in [-0.39, 0.29) is 30.9 Å². The van der Waals surface area contributed by atoms with Crippen molar-refractivity contribution in [3.8, 4) is 17.2 Å². The summed E-state index contributed by atoms with van der Waals surface area (Å²) in [5, 5.41) is 0. The molecule has 0 saturated carbocycles. The molecule has 11 heteroatoms. The van der Waals surface area contributed by atoms with Crippen LogP contribution in [0.3, 0.4) is 0 Å². The van der Waals surface area contributed by atoms with E-state index in [1.54, 1.807) is 23.1 Å². The van der Waals surface area contributed by atoms with Crippen molar-refractivity contribution in [3.05, 3.63) is 89.0 Å². The molecule has 0 aliphatic carbocycles. The maximum Gasteiger partial charge on any atom is 0.254 e. The molecule has 2 fully saturated rings. The average Bonchev–Trinajstić information content (AvgIpc) is 3.51. The van der Waals surface area contributed by atoms with E-state index < -0.39 is 28.4 Å². The van der Waals surface area contributed by atoms with Crippen molar-refractivity contribution in [2.75, 3.05) is 47.5 Å². The average molecular weight is 644 g/mol. The van der Waals surface area contributed by atoms with Crippen molar-refractivity contribution in [1.29, 1.82) is 0 Å². The van der Waals surface area contributed by atoms with Crippen molar-refractivity contribution >= 4 is 24.2 Å². The lowest BCUT2D eigenvalue weighted by atomic mass is 9.61. The molecule has 3 unspecified atom stereocenters. The van der Waals surface area contributed by atoms with Crippen LogP contribution < -0.4 is 19.9 Å². The predicted octanol–water partition coefficient (Wildman–Crippen LogP) is 5.10. The first kappa shape index (κ1) is 34.0. The number of hydrogen-bond donors (Lipinski definition) is 1. The molecule has 242 valence electrons. The molecule has 2 saturated heterocycles. The van der Waals surface area contributed by atoms with Crippen LogP contribution in [0.5, 0.6) is 17.2 Å². The van der Waals surface area contributed by atoms with Gasteiger partial charge in [-0.25, -0.2) is 8.78 Å². The van der Waals surface area contributed by atoms with Crippen LogP contribution in [0.2, 0.25) is 0 Å². The van der Waals surface area contributed by atoms with Gasteiger partial charge in [0.1, 0.15) is 0 Å². The first-order valence-electron chi connectivity index (χ1n) is 14.8. The van der Waals surface area contributed by atoms with Crippen molar-refractivity contribution in [2.45, 2.75) is 43.1 Å². The molecule has 2 aliphatic heterocycles. The Morgan fingerprint density at radius 2 is 1.56 bits per heavy atom. The van der Waals surface area contributed by atoms with Gasteiger partial charge >= 0.3 is 0 Å². The number of primary amides is 1. The third-order valence-corrected chi connectivity index (χ3v) is 9.64. The second-order valence-electron chi connectivity index (χ2n) is 11.6. The van der Waals surface area contributed by atoms with Gasteiger partial charge in [-0.1, -0.05) is 43.3 Å². The van der Waals surface area contributed by atoms with Gasteiger partial charge in [0.25, 0.3) is 5.91 Å². The van der Waals surface area contributed by atoms with Crippen molar-refractivity contribution in [1.82, 2.24) is 9.80 Å². The van der Waals surface area contributed by atoms with E-state index in [0.717, 1.165) is 11.6 Å². The monoisotopic (exact) mass is 643 g/mol. The molecular weight excluding hydrogens is 604 g/mol. The summed E-state index contributed by atoms with van der Waals surface area (Å²) >= 11 is 0. The molecule has 2 N–H and O–H groups in total. The van der Waals surface area contributed by atoms with Gasteiger partial charge in [0.2, 0.25) is 11.7 Å². The van der Waals surface area contributed by atoms with Crippen LogP contribution in [-0.2, 0) is 15.6 Å². The highest BCUT2D eigenvalue weighted by Gasteiger charge is 2.55. The van der Waals surface area contributed by atoms with Crippen LogP contribution in [0.25, 0.3) is 0 Å². The third kappa shape index (κ3) is 5.93. The molecule has 3 aromatic carbocycles. The second kappa shape index (κ2) is 13.6. The number of likely N-dealkylation sites (tertiary alicyclic amines) is 2. The molecule has 3 atom stereocenters. The summed E-state index contributed by atoms with van der Waals surface area (Å²) < 4.78 is 45.5. The predicted molar refractivity (Wildman–Crippen MR) is 169 cm³/mol. The summed E-state index contributed by atoms with van der Waals surface area (Å²) in [5.74, 6) is -1.53. The molecule has 2 amide bonds. The number of halogens is 3. The minimum absolute atomic E-state index is 0. The molecule has 8 nitrogen and oxygen atoms in total. The summed E-state index contributed by atoms with van der Waals surface area (Å²) in [6.07, 6.45) is 1.36. The van der Waals surface area contributed by atoms with E-state index in [2.05, 4.69) is 4.90 Å². The molecule has 0 bridgehead atoms. The number of carbonyl (C=O) groups is 2. The van der Waals surface area contributed by atoms with E-state index in [4.69, 9.17) is 19.9 Å². The van der Waals surface area contributed by atoms with Crippen molar-refractivity contribution < 1.29 is 32.6 Å². The van der Waals surface area contributed by atoms with Crippen LogP contribution in [0.1, 0.15) is 47.7 Å². The van der Waals surface area contributed by atoms with Crippen LogP contribution in [0, 0.1) is 11.6 Å². The van der Waals surface area contributed by atoms with Crippen molar-refractivity contribution in [3.63, 3.8) is 0 Å². The number of benzene rings is 3. The highest BCUT2D eigenvalue weighted by molar-refractivity contribution is 5.96. The first-order chi connectivity index (χ1) is 21.1. The molecule has 5 rings (SSSR count). The molecule has 2 heterocycles. The summed E-state index contributed by atoms with van der Waals surface area (Å²) in [6, 6.07) is 16.4. The quantitative estimate of drug-likeness (QED) is 0.349. The number of likely N-dealkylation sites (N-methyl/N-ethyl adjacent to an activating group) is 1. The number of piperidine rings is 1. The number of rotatable bonds is 9. The third-order valence-electron chi connectivity index (χ3n) is 9.64. The fourth-order valence-corrected chi connectivity index (χ4v) is 7.26. The van der Waals surface area contributed by atoms with Crippen molar-refractivity contribution in [2.24, 2.45) is 5.73 Å². The molecule has 0 spiro atoms. The van der Waals surface area contributed by atoms with Gasteiger partial charge < -0.3 is 24.8 Å². The fourth-order valence-electron chi connectivity index (χ4n) is 7.26. The highest BCUT2D eigenvalue weighted by atomic mass is 35.5. The number of amides is 2. The lowest BCUT2D eigenvalue weighted by Gasteiger charge is -2.52. The lowest BCUT2D eigenvalue weighted by molar-refractivity contribution is -0.127. The Labute approximate surface area is 268 Å². The Bertz CT molecular complexity index is 1520. The number of nitrogens with zero attached hydrogens (tertiary/aromatic N) is 2. The Morgan fingerprint density at radius 1 is 0.889 bits per heavy atom. The second-order valence-corrected chi connectivity index (χ2v) is 11.6. The summed E-state index contributed by atoms with van der Waals surface area (Å²) in [4.78, 5) is 31.4. The minimum Gasteiger partial charge on any atom is -0.493 e. The fraction of sp³-hybridized carbons (Fsp3) is 0.412. The Kier molecular flexibility index (Phi) is 10.3. The number of hydrogen-bond acceptors (Lipinski definition) is 6. The summed E-state index contributed by atoms with van der Waals surface area (Å²) in [7, 11) is 4.45. The highest BCUT2D eigenvalue weighted by Crippen LogP contribution is 2.49. The molecule has 2 aliphatic rings. The van der Waals surface area contributed by atoms with Crippen LogP contribution in [0.15, 0.2) is 60.7 Å². The summed E-state index contributed by atoms with van der Waals surface area (Å²) in [5.41, 5.74) is 6.14. The number of carbonyl (C=O) groups excluding carboxylic acids is 2. The zero-order chi connectivity index (χ0) is 31.6. The Hall–Kier alpha value is -3.89. The lowest BCUT2D eigenvalue weighted by Crippen LogP contribution is -2.61. The maximum absolute atomic E-state index is 14.9. The topological polar surface area (TPSA) is 94.3 Å². The van der Waals surface area contributed by atoms with Crippen LogP contribution in [0.4, 0.5) is 8.78 Å². The van der Waals surface area contributed by atoms with Gasteiger partial charge in [0.15, 0.2) is 23.1 Å². The summed E-state index contributed by atoms with van der Waals surface area (Å²) in [6.45, 7) is 3.86. The number of methoxy groups -OCH3 is 3. The molecular formula is C34H40ClF2N3O5. The molecule has 3 aromatic rings. The van der Waals surface area contributed by atoms with E-state index in [0.29, 0.717) is 67.3 Å². The molecule has 45 heavy (non-hydrogen) atoms. The standard InChI is InChI=1S/C34H39F2N3O5.ClH/c1-5-38-15-13-33(32(37)41,23-9-7-6-8-10-23)20-29(38)34(24-11-12-25(35)26(36)19-24)14-16-39(21-34)31(40)22-17-27(42-2)30(44-4)28(18-22)43-3;/h6-12,17-19,29H,5,13-16,20-21H2,1-4H3,(H2,37,41);1H. The van der Waals surface area contributed by atoms with Crippen LogP contribution in [-0.4, -0.2) is 75.2 Å². The normalized spacial score (nSPS) is 23.2. The molecule has 0 radical (unpaired) electrons. The largest absolute Gasteiger partial charge is 0.493 e. The first-order valence-corrected chi connectivity index (χ1v) is 14.8. The van der Waals surface area contributed by atoms with Gasteiger partial charge in [-0.3, -0.25) is 14.5 Å². The van der Waals surface area contributed by atoms with Gasteiger partial charge in [-0.05, 0) is 67.7 Å². The van der Waals surface area contributed by atoms with Crippen LogP contribution >= 0.6 is 12.4 Å². The maximum atomic E-state index is 14.9. The van der Waals surface area contributed by atoms with E-state index in [9.17, 15) is 18.4 Å². The zero-order valence-corrected chi connectivity index (χ0v) is 26.8. The zero-order valence-electron chi connectivity index (χ0n) is 26.0. The number of ether oxygens (including phenoxy) is 3. The van der Waals surface area contributed by atoms with E-state index in [1.807, 2.05) is 37.3 Å². The minimum atomic E-state index is -0.961. The number of nitrogens with two attached hydrogens (primary N) is 1. The Balaban J connectivity index is 0.00000461. The van der Waals surface area contributed by atoms with E-state index >= 15 is 0 Å².